The van der Waals surface area contributed by atoms with Crippen molar-refractivity contribution >= 4 is 17.7 Å². The number of anilines is 1. The fourth-order valence-electron chi connectivity index (χ4n) is 1.80. The predicted octanol–water partition coefficient (Wildman–Crippen LogP) is 2.24. The minimum Gasteiger partial charge on any atom is -0.479 e. The Labute approximate surface area is 133 Å². The highest BCUT2D eigenvalue weighted by molar-refractivity contribution is 5.92. The largest absolute Gasteiger partial charge is 0.479 e. The van der Waals surface area contributed by atoms with Gasteiger partial charge in [0.1, 0.15) is 11.5 Å². The number of hydrogen-bond donors (Lipinski definition) is 1. The van der Waals surface area contributed by atoms with Crippen LogP contribution in [-0.2, 0) is 14.3 Å². The zero-order chi connectivity index (χ0) is 16.8. The topological polar surface area (TPSA) is 90.7 Å². The van der Waals surface area contributed by atoms with Crippen molar-refractivity contribution in [2.24, 2.45) is 0 Å². The normalized spacial score (nSPS) is 11.6. The van der Waals surface area contributed by atoms with Gasteiger partial charge < -0.3 is 19.3 Å². The highest BCUT2D eigenvalue weighted by Crippen LogP contribution is 2.14. The van der Waals surface area contributed by atoms with E-state index < -0.39 is 24.6 Å². The molecule has 122 valence electrons. The average Bonchev–Trinajstić information content (AvgIpc) is 2.89. The van der Waals surface area contributed by atoms with Gasteiger partial charge in [0, 0.05) is 6.07 Å². The quantitative estimate of drug-likeness (QED) is 0.821. The Kier molecular flexibility index (Phi) is 5.35. The fraction of sp³-hybridized carbons (Fsp3) is 0.312. The number of nitrogens with one attached hydrogen (secondary N) is 1. The van der Waals surface area contributed by atoms with E-state index in [0.717, 1.165) is 5.56 Å². The molecule has 0 saturated heterocycles. The molecule has 23 heavy (non-hydrogen) atoms. The summed E-state index contributed by atoms with van der Waals surface area (Å²) in [7, 11) is 0. The van der Waals surface area contributed by atoms with E-state index in [2.05, 4.69) is 10.5 Å². The molecule has 0 saturated carbocycles. The second-order valence-corrected chi connectivity index (χ2v) is 5.06. The highest BCUT2D eigenvalue weighted by atomic mass is 16.6. The molecule has 7 heteroatoms. The van der Waals surface area contributed by atoms with E-state index in [1.54, 1.807) is 26.0 Å². The molecule has 0 aliphatic rings. The smallest absolute Gasteiger partial charge is 0.347 e. The van der Waals surface area contributed by atoms with E-state index in [9.17, 15) is 9.59 Å². The van der Waals surface area contributed by atoms with Gasteiger partial charge >= 0.3 is 5.97 Å². The molecule has 7 nitrogen and oxygen atoms in total. The molecule has 0 aliphatic carbocycles. The first-order valence-corrected chi connectivity index (χ1v) is 7.07. The van der Waals surface area contributed by atoms with Crippen molar-refractivity contribution < 1.29 is 23.6 Å². The monoisotopic (exact) mass is 318 g/mol. The van der Waals surface area contributed by atoms with E-state index in [4.69, 9.17) is 14.0 Å². The van der Waals surface area contributed by atoms with Crippen LogP contribution in [0.5, 0.6) is 5.75 Å². The molecular formula is C16H18N2O5. The number of nitrogens with zero attached hydrogens (tertiary/aromatic N) is 1. The van der Waals surface area contributed by atoms with Crippen molar-refractivity contribution in [1.29, 1.82) is 0 Å². The highest BCUT2D eigenvalue weighted by Gasteiger charge is 2.18. The summed E-state index contributed by atoms with van der Waals surface area (Å²) in [5.74, 6) is 0.273. The maximum Gasteiger partial charge on any atom is 0.347 e. The van der Waals surface area contributed by atoms with Crippen LogP contribution in [0.3, 0.4) is 0 Å². The van der Waals surface area contributed by atoms with Crippen LogP contribution >= 0.6 is 0 Å². The standard InChI is InChI=1S/C16H18N2O5/c1-10-5-4-6-13(7-10)22-12(3)16(20)21-9-15(19)17-14-8-11(2)23-18-14/h4-8,12H,9H2,1-3H3,(H,17,18,19)/t12-/m0/s1. The van der Waals surface area contributed by atoms with Crippen LogP contribution in [0.1, 0.15) is 18.2 Å². The third kappa shape index (κ3) is 5.14. The van der Waals surface area contributed by atoms with Crippen LogP contribution in [-0.4, -0.2) is 29.7 Å². The molecule has 0 bridgehead atoms. The van der Waals surface area contributed by atoms with Crippen LogP contribution in [0.25, 0.3) is 0 Å². The number of rotatable bonds is 6. The SMILES string of the molecule is Cc1cccc(O[C@@H](C)C(=O)OCC(=O)Nc2cc(C)on2)c1. The molecule has 1 aromatic carbocycles. The Morgan fingerprint density at radius 3 is 2.74 bits per heavy atom. The third-order valence-electron chi connectivity index (χ3n) is 2.88. The molecule has 1 amide bonds. The molecular weight excluding hydrogens is 300 g/mol. The fourth-order valence-corrected chi connectivity index (χ4v) is 1.80. The molecule has 1 aromatic heterocycles. The lowest BCUT2D eigenvalue weighted by Crippen LogP contribution is -2.29. The number of carbonyl (C=O) groups is 2. The van der Waals surface area contributed by atoms with Crippen LogP contribution < -0.4 is 10.1 Å². The van der Waals surface area contributed by atoms with Crippen molar-refractivity contribution in [3.63, 3.8) is 0 Å². The van der Waals surface area contributed by atoms with Crippen molar-refractivity contribution in [2.45, 2.75) is 26.9 Å². The minimum atomic E-state index is -0.820. The summed E-state index contributed by atoms with van der Waals surface area (Å²) >= 11 is 0. The molecule has 0 aliphatic heterocycles. The summed E-state index contributed by atoms with van der Waals surface area (Å²) in [4.78, 5) is 23.5. The number of aryl methyl sites for hydroxylation is 2. The van der Waals surface area contributed by atoms with Gasteiger partial charge in [-0.05, 0) is 38.5 Å². The number of carbonyl (C=O) groups excluding carboxylic acids is 2. The van der Waals surface area contributed by atoms with Crippen molar-refractivity contribution in [3.8, 4) is 5.75 Å². The van der Waals surface area contributed by atoms with Crippen LogP contribution in [0.2, 0.25) is 0 Å². The summed E-state index contributed by atoms with van der Waals surface area (Å²) in [5.41, 5.74) is 1.02. The maximum atomic E-state index is 11.8. The third-order valence-corrected chi connectivity index (χ3v) is 2.88. The Hall–Kier alpha value is -2.83. The first-order chi connectivity index (χ1) is 10.9. The second kappa shape index (κ2) is 7.44. The molecule has 2 aromatic rings. The van der Waals surface area contributed by atoms with E-state index in [-0.39, 0.29) is 5.82 Å². The second-order valence-electron chi connectivity index (χ2n) is 5.06. The molecule has 2 rings (SSSR count). The maximum absolute atomic E-state index is 11.8. The number of amides is 1. The first kappa shape index (κ1) is 16.5. The average molecular weight is 318 g/mol. The lowest BCUT2D eigenvalue weighted by molar-refractivity contribution is -0.153. The van der Waals surface area contributed by atoms with Crippen LogP contribution in [0.4, 0.5) is 5.82 Å². The van der Waals surface area contributed by atoms with Gasteiger partial charge in [0.2, 0.25) is 0 Å². The Balaban J connectivity index is 1.78. The number of hydrogen-bond acceptors (Lipinski definition) is 6. The summed E-state index contributed by atoms with van der Waals surface area (Å²) < 4.78 is 15.2. The molecule has 1 heterocycles. The molecule has 0 fully saturated rings. The van der Waals surface area contributed by atoms with Crippen molar-refractivity contribution in [3.05, 3.63) is 41.7 Å². The summed E-state index contributed by atoms with van der Waals surface area (Å²) in [6.45, 7) is 4.76. The van der Waals surface area contributed by atoms with Gasteiger partial charge in [-0.3, -0.25) is 4.79 Å². The van der Waals surface area contributed by atoms with Gasteiger partial charge in [-0.15, -0.1) is 0 Å². The number of ether oxygens (including phenoxy) is 2. The Morgan fingerprint density at radius 2 is 2.09 bits per heavy atom. The zero-order valence-corrected chi connectivity index (χ0v) is 13.2. The lowest BCUT2D eigenvalue weighted by atomic mass is 10.2. The van der Waals surface area contributed by atoms with Crippen molar-refractivity contribution in [2.75, 3.05) is 11.9 Å². The molecule has 0 spiro atoms. The summed E-state index contributed by atoms with van der Waals surface area (Å²) in [6.07, 6.45) is -0.820. The van der Waals surface area contributed by atoms with Gasteiger partial charge in [-0.25, -0.2) is 4.79 Å². The summed E-state index contributed by atoms with van der Waals surface area (Å²) in [5, 5.41) is 6.06. The van der Waals surface area contributed by atoms with Gasteiger partial charge in [0.15, 0.2) is 18.5 Å². The van der Waals surface area contributed by atoms with Crippen LogP contribution in [0, 0.1) is 13.8 Å². The first-order valence-electron chi connectivity index (χ1n) is 7.07. The predicted molar refractivity (Wildman–Crippen MR) is 82.1 cm³/mol. The summed E-state index contributed by atoms with van der Waals surface area (Å²) in [6, 6.07) is 8.87. The molecule has 0 radical (unpaired) electrons. The number of aromatic nitrogens is 1. The van der Waals surface area contributed by atoms with E-state index in [0.29, 0.717) is 11.5 Å². The molecule has 1 atom stereocenters. The van der Waals surface area contributed by atoms with Gasteiger partial charge in [0.05, 0.1) is 0 Å². The van der Waals surface area contributed by atoms with E-state index in [1.807, 2.05) is 25.1 Å². The van der Waals surface area contributed by atoms with Gasteiger partial charge in [-0.2, -0.15) is 0 Å². The number of benzene rings is 1. The van der Waals surface area contributed by atoms with Gasteiger partial charge in [-0.1, -0.05) is 17.3 Å². The number of esters is 1. The lowest BCUT2D eigenvalue weighted by Gasteiger charge is -2.14. The van der Waals surface area contributed by atoms with Crippen LogP contribution in [0.15, 0.2) is 34.9 Å². The van der Waals surface area contributed by atoms with Gasteiger partial charge in [0.25, 0.3) is 5.91 Å². The molecule has 1 N–H and O–H groups in total. The van der Waals surface area contributed by atoms with E-state index >= 15 is 0 Å². The van der Waals surface area contributed by atoms with Crippen molar-refractivity contribution in [1.82, 2.24) is 5.16 Å². The van der Waals surface area contributed by atoms with E-state index in [1.165, 1.54) is 0 Å². The minimum absolute atomic E-state index is 0.271. The molecule has 0 unspecified atom stereocenters. The Bertz CT molecular complexity index is 695. The Morgan fingerprint density at radius 1 is 1.30 bits per heavy atom. The zero-order valence-electron chi connectivity index (χ0n) is 13.2.